The third kappa shape index (κ3) is 6.60. The van der Waals surface area contributed by atoms with Crippen LogP contribution >= 0.6 is 45.3 Å². The molecule has 0 saturated heterocycles. The second-order valence-corrected chi connectivity index (χ2v) is 12.4. The molecule has 4 heterocycles. The highest BCUT2D eigenvalue weighted by Gasteiger charge is 2.05. The zero-order chi connectivity index (χ0) is 22.2. The molecule has 0 aliphatic carbocycles. The Hall–Kier alpha value is -1.82. The molecule has 4 rings (SSSR count). The first-order chi connectivity index (χ1) is 15.7. The summed E-state index contributed by atoms with van der Waals surface area (Å²) in [7, 11) is 0. The quantitative estimate of drug-likeness (QED) is 0.170. The van der Waals surface area contributed by atoms with Crippen molar-refractivity contribution >= 4 is 54.7 Å². The third-order valence-corrected chi connectivity index (χ3v) is 9.45. The summed E-state index contributed by atoms with van der Waals surface area (Å²) in [6, 6.07) is 13.3. The van der Waals surface area contributed by atoms with Crippen LogP contribution < -0.4 is 0 Å². The molecule has 4 aromatic heterocycles. The fraction of sp³-hybridized carbons (Fsp3) is 0.357. The van der Waals surface area contributed by atoms with Gasteiger partial charge in [-0.05, 0) is 85.8 Å². The predicted molar refractivity (Wildman–Crippen MR) is 147 cm³/mol. The van der Waals surface area contributed by atoms with Crippen LogP contribution in [0.2, 0.25) is 0 Å². The van der Waals surface area contributed by atoms with Gasteiger partial charge in [0.1, 0.15) is 0 Å². The summed E-state index contributed by atoms with van der Waals surface area (Å²) >= 11 is 7.23. The lowest BCUT2D eigenvalue weighted by molar-refractivity contribution is 0.722. The van der Waals surface area contributed by atoms with Crippen LogP contribution in [0.25, 0.3) is 9.40 Å². The summed E-state index contributed by atoms with van der Waals surface area (Å²) < 4.78 is 2.59. The van der Waals surface area contributed by atoms with Crippen LogP contribution in [0, 0.1) is 23.7 Å². The first-order valence-electron chi connectivity index (χ1n) is 11.5. The lowest BCUT2D eigenvalue weighted by atomic mass is 10.2. The summed E-state index contributed by atoms with van der Waals surface area (Å²) in [6.45, 7) is 4.50. The van der Waals surface area contributed by atoms with Crippen LogP contribution in [0.15, 0.2) is 36.4 Å². The van der Waals surface area contributed by atoms with E-state index in [-0.39, 0.29) is 0 Å². The average Bonchev–Trinajstić information content (AvgIpc) is 3.55. The number of hydrogen-bond acceptors (Lipinski definition) is 4. The number of thiophene rings is 4. The van der Waals surface area contributed by atoms with Crippen molar-refractivity contribution in [3.05, 3.63) is 65.7 Å². The van der Waals surface area contributed by atoms with Gasteiger partial charge in [0, 0.05) is 19.2 Å². The van der Waals surface area contributed by atoms with Gasteiger partial charge < -0.3 is 0 Å². The second kappa shape index (κ2) is 11.9. The zero-order valence-corrected chi connectivity index (χ0v) is 22.0. The Labute approximate surface area is 208 Å². The summed E-state index contributed by atoms with van der Waals surface area (Å²) in [5, 5.41) is 0. The topological polar surface area (TPSA) is 0 Å². The van der Waals surface area contributed by atoms with Gasteiger partial charge in [0.15, 0.2) is 0 Å². The molecule has 0 spiro atoms. The number of aryl methyl sites for hydroxylation is 2. The largest absolute Gasteiger partial charge is 0.132 e. The van der Waals surface area contributed by atoms with Crippen LogP contribution in [-0.2, 0) is 12.8 Å². The van der Waals surface area contributed by atoms with Gasteiger partial charge in [-0.2, -0.15) is 0 Å². The lowest BCUT2D eigenvalue weighted by Gasteiger charge is -1.93. The Kier molecular flexibility index (Phi) is 8.66. The first-order valence-corrected chi connectivity index (χ1v) is 14.7. The summed E-state index contributed by atoms with van der Waals surface area (Å²) in [5.74, 6) is 13.5. The van der Waals surface area contributed by atoms with E-state index in [1.165, 1.54) is 80.3 Å². The van der Waals surface area contributed by atoms with E-state index in [2.05, 4.69) is 73.9 Å². The molecule has 0 amide bonds. The molecule has 4 aromatic rings. The van der Waals surface area contributed by atoms with Gasteiger partial charge in [-0.3, -0.25) is 0 Å². The molecular formula is C28H28S4. The molecule has 0 aliphatic heterocycles. The van der Waals surface area contributed by atoms with Gasteiger partial charge in [0.2, 0.25) is 0 Å². The van der Waals surface area contributed by atoms with Gasteiger partial charge in [-0.15, -0.1) is 45.3 Å². The molecule has 0 atom stereocenters. The van der Waals surface area contributed by atoms with Gasteiger partial charge in [0.05, 0.1) is 19.5 Å². The van der Waals surface area contributed by atoms with Crippen molar-refractivity contribution in [1.82, 2.24) is 0 Å². The molecule has 0 radical (unpaired) electrons. The van der Waals surface area contributed by atoms with Gasteiger partial charge in [-0.25, -0.2) is 0 Å². The molecule has 0 aromatic carbocycles. The zero-order valence-electron chi connectivity index (χ0n) is 18.8. The molecule has 4 heteroatoms. The Balaban J connectivity index is 1.37. The molecule has 0 N–H and O–H groups in total. The normalized spacial score (nSPS) is 10.7. The van der Waals surface area contributed by atoms with Gasteiger partial charge >= 0.3 is 0 Å². The van der Waals surface area contributed by atoms with Crippen LogP contribution in [-0.4, -0.2) is 0 Å². The van der Waals surface area contributed by atoms with Crippen molar-refractivity contribution in [2.45, 2.75) is 65.2 Å². The third-order valence-electron chi connectivity index (χ3n) is 5.20. The maximum Gasteiger partial charge on any atom is 0.0793 e. The molecule has 164 valence electrons. The van der Waals surface area contributed by atoms with Crippen molar-refractivity contribution in [2.75, 3.05) is 0 Å². The molecule has 0 unspecified atom stereocenters. The van der Waals surface area contributed by atoms with E-state index >= 15 is 0 Å². The van der Waals surface area contributed by atoms with E-state index < -0.39 is 0 Å². The Bertz CT molecular complexity index is 1140. The fourth-order valence-electron chi connectivity index (χ4n) is 3.46. The number of rotatable bonds is 8. The molecule has 0 bridgehead atoms. The highest BCUT2D eigenvalue weighted by molar-refractivity contribution is 7.28. The summed E-state index contributed by atoms with van der Waals surface area (Å²) in [4.78, 5) is 7.53. The molecule has 0 fully saturated rings. The van der Waals surface area contributed by atoms with E-state index in [4.69, 9.17) is 0 Å². The lowest BCUT2D eigenvalue weighted by Crippen LogP contribution is -1.78. The maximum atomic E-state index is 3.37. The van der Waals surface area contributed by atoms with Crippen LogP contribution in [0.1, 0.15) is 81.6 Å². The highest BCUT2D eigenvalue weighted by Crippen LogP contribution is 2.33. The molecular weight excluding hydrogens is 465 g/mol. The van der Waals surface area contributed by atoms with E-state index in [9.17, 15) is 0 Å². The smallest absolute Gasteiger partial charge is 0.0793 e. The van der Waals surface area contributed by atoms with E-state index in [1.807, 2.05) is 22.7 Å². The molecule has 32 heavy (non-hydrogen) atoms. The molecule has 0 saturated carbocycles. The van der Waals surface area contributed by atoms with Gasteiger partial charge in [0.25, 0.3) is 0 Å². The Morgan fingerprint density at radius 1 is 0.531 bits per heavy atom. The van der Waals surface area contributed by atoms with Crippen molar-refractivity contribution < 1.29 is 0 Å². The SMILES string of the molecule is CCCCCc1ccc(C#Cc2cc3sc(C#Cc4ccc(CCCCC)s4)cc3s2)s1. The summed E-state index contributed by atoms with van der Waals surface area (Å²) in [6.07, 6.45) is 10.1. The monoisotopic (exact) mass is 492 g/mol. The minimum Gasteiger partial charge on any atom is -0.132 e. The van der Waals surface area contributed by atoms with Crippen molar-refractivity contribution in [1.29, 1.82) is 0 Å². The summed E-state index contributed by atoms with van der Waals surface area (Å²) in [5.41, 5.74) is 0. The number of hydrogen-bond donors (Lipinski definition) is 0. The first kappa shape index (κ1) is 23.3. The predicted octanol–water partition coefficient (Wildman–Crippen LogP) is 9.35. The van der Waals surface area contributed by atoms with E-state index in [1.54, 1.807) is 22.7 Å². The Morgan fingerprint density at radius 2 is 0.969 bits per heavy atom. The number of unbranched alkanes of at least 4 members (excludes halogenated alkanes) is 4. The van der Waals surface area contributed by atoms with Crippen LogP contribution in [0.4, 0.5) is 0 Å². The standard InChI is InChI=1S/C28H28S4/c1-3-5-7-9-21-11-13-23(29-21)15-17-25-19-27-28(31-25)20-26(32-27)18-16-24-14-12-22(30-24)10-8-6-4-2/h11-14,19-20H,3-10H2,1-2H3. The van der Waals surface area contributed by atoms with Crippen molar-refractivity contribution in [3.8, 4) is 23.7 Å². The number of fused-ring (bicyclic) bond motifs is 1. The maximum absolute atomic E-state index is 3.37. The van der Waals surface area contributed by atoms with Gasteiger partial charge in [-0.1, -0.05) is 39.5 Å². The van der Waals surface area contributed by atoms with Crippen LogP contribution in [0.3, 0.4) is 0 Å². The molecule has 0 nitrogen and oxygen atoms in total. The van der Waals surface area contributed by atoms with Crippen molar-refractivity contribution in [3.63, 3.8) is 0 Å². The average molecular weight is 493 g/mol. The van der Waals surface area contributed by atoms with Crippen molar-refractivity contribution in [2.24, 2.45) is 0 Å². The van der Waals surface area contributed by atoms with E-state index in [0.29, 0.717) is 0 Å². The fourth-order valence-corrected chi connectivity index (χ4v) is 7.37. The highest BCUT2D eigenvalue weighted by atomic mass is 32.1. The minimum atomic E-state index is 1.14. The minimum absolute atomic E-state index is 1.14. The molecule has 0 aliphatic rings. The van der Waals surface area contributed by atoms with Crippen LogP contribution in [0.5, 0.6) is 0 Å². The second-order valence-electron chi connectivity index (χ2n) is 7.90. The van der Waals surface area contributed by atoms with E-state index in [0.717, 1.165) is 9.75 Å². The Morgan fingerprint density at radius 3 is 1.41 bits per heavy atom.